The molecule has 70 valence electrons. The van der Waals surface area contributed by atoms with Crippen LogP contribution in [0.3, 0.4) is 0 Å². The van der Waals surface area contributed by atoms with Gasteiger partial charge in [0.2, 0.25) is 0 Å². The van der Waals surface area contributed by atoms with Crippen molar-refractivity contribution in [2.45, 2.75) is 47.0 Å². The minimum Gasteiger partial charge on any atom is -0.0993 e. The van der Waals surface area contributed by atoms with Crippen LogP contribution in [0.4, 0.5) is 0 Å². The lowest BCUT2D eigenvalue weighted by atomic mass is 9.61. The van der Waals surface area contributed by atoms with Gasteiger partial charge in [0.1, 0.15) is 0 Å². The van der Waals surface area contributed by atoms with Gasteiger partial charge in [0.05, 0.1) is 0 Å². The van der Waals surface area contributed by atoms with Gasteiger partial charge in [0.25, 0.3) is 0 Å². The van der Waals surface area contributed by atoms with Gasteiger partial charge in [-0.25, -0.2) is 0 Å². The number of hydrogen-bond donors (Lipinski definition) is 0. The van der Waals surface area contributed by atoms with E-state index in [9.17, 15) is 0 Å². The first-order valence-corrected chi connectivity index (χ1v) is 5.14. The van der Waals surface area contributed by atoms with Gasteiger partial charge < -0.3 is 0 Å². The van der Waals surface area contributed by atoms with Crippen molar-refractivity contribution in [3.8, 4) is 0 Å². The molecule has 0 bridgehead atoms. The molecule has 2 unspecified atom stereocenters. The Labute approximate surface area is 77.1 Å². The summed E-state index contributed by atoms with van der Waals surface area (Å²) in [7, 11) is 0. The van der Waals surface area contributed by atoms with Crippen molar-refractivity contribution in [3.63, 3.8) is 0 Å². The standard InChI is InChI=1S/C12H22/c1-9(2)10(3)8-12(5)7-6-11(12)4/h9-10H,4,6-8H2,1-3,5H3. The highest BCUT2D eigenvalue weighted by Crippen LogP contribution is 2.49. The predicted molar refractivity (Wildman–Crippen MR) is 55.1 cm³/mol. The van der Waals surface area contributed by atoms with Gasteiger partial charge in [-0.05, 0) is 36.5 Å². The maximum absolute atomic E-state index is 4.13. The molecule has 0 aromatic carbocycles. The first kappa shape index (κ1) is 9.83. The van der Waals surface area contributed by atoms with E-state index >= 15 is 0 Å². The molecule has 1 aliphatic rings. The van der Waals surface area contributed by atoms with E-state index in [-0.39, 0.29) is 0 Å². The topological polar surface area (TPSA) is 0 Å². The fraction of sp³-hybridized carbons (Fsp3) is 0.833. The van der Waals surface area contributed by atoms with Crippen LogP contribution in [0.15, 0.2) is 12.2 Å². The Hall–Kier alpha value is -0.260. The maximum Gasteiger partial charge on any atom is -0.0113 e. The molecule has 1 rings (SSSR count). The summed E-state index contributed by atoms with van der Waals surface area (Å²) in [6.07, 6.45) is 3.97. The Morgan fingerprint density at radius 3 is 2.25 bits per heavy atom. The summed E-state index contributed by atoms with van der Waals surface area (Å²) < 4.78 is 0. The summed E-state index contributed by atoms with van der Waals surface area (Å²) in [6, 6.07) is 0. The largest absolute Gasteiger partial charge is 0.0993 e. The fourth-order valence-corrected chi connectivity index (χ4v) is 1.92. The van der Waals surface area contributed by atoms with E-state index < -0.39 is 0 Å². The van der Waals surface area contributed by atoms with Gasteiger partial charge in [-0.2, -0.15) is 0 Å². The minimum atomic E-state index is 0.490. The number of rotatable bonds is 3. The molecular formula is C12H22. The zero-order valence-electron chi connectivity index (χ0n) is 8.98. The molecule has 0 spiro atoms. The van der Waals surface area contributed by atoms with Crippen molar-refractivity contribution < 1.29 is 0 Å². The van der Waals surface area contributed by atoms with Gasteiger partial charge in [0, 0.05) is 0 Å². The van der Waals surface area contributed by atoms with Crippen LogP contribution in [0, 0.1) is 17.3 Å². The van der Waals surface area contributed by atoms with Gasteiger partial charge in [-0.15, -0.1) is 0 Å². The average Bonchev–Trinajstić information content (AvgIpc) is 2.01. The van der Waals surface area contributed by atoms with Crippen LogP contribution in [-0.2, 0) is 0 Å². The lowest BCUT2D eigenvalue weighted by Crippen LogP contribution is -2.31. The molecule has 1 saturated carbocycles. The lowest BCUT2D eigenvalue weighted by molar-refractivity contribution is 0.188. The second-order valence-corrected chi connectivity index (χ2v) is 5.09. The highest BCUT2D eigenvalue weighted by atomic mass is 14.4. The van der Waals surface area contributed by atoms with Crippen LogP contribution < -0.4 is 0 Å². The van der Waals surface area contributed by atoms with Crippen molar-refractivity contribution in [1.29, 1.82) is 0 Å². The zero-order valence-corrected chi connectivity index (χ0v) is 8.98. The summed E-state index contributed by atoms with van der Waals surface area (Å²) in [5.74, 6) is 1.65. The van der Waals surface area contributed by atoms with E-state index in [4.69, 9.17) is 0 Å². The molecular weight excluding hydrogens is 144 g/mol. The molecule has 0 heteroatoms. The third kappa shape index (κ3) is 1.73. The Kier molecular flexibility index (Phi) is 2.65. The Morgan fingerprint density at radius 1 is 1.42 bits per heavy atom. The van der Waals surface area contributed by atoms with E-state index in [0.29, 0.717) is 5.41 Å². The third-order valence-corrected chi connectivity index (χ3v) is 3.74. The smallest absolute Gasteiger partial charge is 0.0113 e. The van der Waals surface area contributed by atoms with E-state index in [1.165, 1.54) is 24.8 Å². The van der Waals surface area contributed by atoms with Gasteiger partial charge in [0.15, 0.2) is 0 Å². The van der Waals surface area contributed by atoms with Crippen LogP contribution in [0.1, 0.15) is 47.0 Å². The highest BCUT2D eigenvalue weighted by molar-refractivity contribution is 5.18. The summed E-state index contributed by atoms with van der Waals surface area (Å²) in [5.41, 5.74) is 1.97. The Balaban J connectivity index is 2.45. The molecule has 0 aromatic rings. The molecule has 2 atom stereocenters. The number of allylic oxidation sites excluding steroid dienone is 1. The second kappa shape index (κ2) is 3.24. The van der Waals surface area contributed by atoms with Gasteiger partial charge >= 0.3 is 0 Å². The number of hydrogen-bond acceptors (Lipinski definition) is 0. The van der Waals surface area contributed by atoms with Crippen LogP contribution in [0.2, 0.25) is 0 Å². The summed E-state index contributed by atoms with van der Waals surface area (Å²) >= 11 is 0. The summed E-state index contributed by atoms with van der Waals surface area (Å²) in [5, 5.41) is 0. The molecule has 1 fully saturated rings. The van der Waals surface area contributed by atoms with E-state index in [2.05, 4.69) is 34.3 Å². The maximum atomic E-state index is 4.13. The monoisotopic (exact) mass is 166 g/mol. The SMILES string of the molecule is C=C1CCC1(C)CC(C)C(C)C. The molecule has 0 amide bonds. The van der Waals surface area contributed by atoms with Crippen molar-refractivity contribution in [1.82, 2.24) is 0 Å². The predicted octanol–water partition coefficient (Wildman–Crippen LogP) is 4.02. The summed E-state index contributed by atoms with van der Waals surface area (Å²) in [6.45, 7) is 13.5. The molecule has 0 nitrogen and oxygen atoms in total. The zero-order chi connectivity index (χ0) is 9.35. The molecule has 0 N–H and O–H groups in total. The van der Waals surface area contributed by atoms with Crippen molar-refractivity contribution >= 4 is 0 Å². The molecule has 1 aliphatic carbocycles. The van der Waals surface area contributed by atoms with E-state index in [1.807, 2.05) is 0 Å². The molecule has 12 heavy (non-hydrogen) atoms. The van der Waals surface area contributed by atoms with Gasteiger partial charge in [-0.3, -0.25) is 0 Å². The summed E-state index contributed by atoms with van der Waals surface area (Å²) in [4.78, 5) is 0. The fourth-order valence-electron chi connectivity index (χ4n) is 1.92. The second-order valence-electron chi connectivity index (χ2n) is 5.09. The first-order valence-electron chi connectivity index (χ1n) is 5.14. The average molecular weight is 166 g/mol. The quantitative estimate of drug-likeness (QED) is 0.555. The van der Waals surface area contributed by atoms with E-state index in [0.717, 1.165) is 11.8 Å². The van der Waals surface area contributed by atoms with E-state index in [1.54, 1.807) is 0 Å². The molecule has 0 aromatic heterocycles. The lowest BCUT2D eigenvalue weighted by Gasteiger charge is -2.43. The van der Waals surface area contributed by atoms with Crippen molar-refractivity contribution in [3.05, 3.63) is 12.2 Å². The minimum absolute atomic E-state index is 0.490. The molecule has 0 saturated heterocycles. The molecule has 0 aliphatic heterocycles. The van der Waals surface area contributed by atoms with Crippen LogP contribution in [0.5, 0.6) is 0 Å². The van der Waals surface area contributed by atoms with Crippen LogP contribution in [0.25, 0.3) is 0 Å². The van der Waals surface area contributed by atoms with Crippen LogP contribution in [-0.4, -0.2) is 0 Å². The molecule has 0 heterocycles. The van der Waals surface area contributed by atoms with Crippen molar-refractivity contribution in [2.24, 2.45) is 17.3 Å². The Morgan fingerprint density at radius 2 is 2.00 bits per heavy atom. The van der Waals surface area contributed by atoms with Crippen molar-refractivity contribution in [2.75, 3.05) is 0 Å². The van der Waals surface area contributed by atoms with Crippen LogP contribution >= 0.6 is 0 Å². The van der Waals surface area contributed by atoms with Gasteiger partial charge in [-0.1, -0.05) is 39.8 Å². The first-order chi connectivity index (χ1) is 5.46. The third-order valence-electron chi connectivity index (χ3n) is 3.74. The normalized spacial score (nSPS) is 31.9. The Bertz CT molecular complexity index is 178. The molecule has 0 radical (unpaired) electrons. The highest BCUT2D eigenvalue weighted by Gasteiger charge is 2.37.